The van der Waals surface area contributed by atoms with E-state index in [0.29, 0.717) is 0 Å². The maximum absolute atomic E-state index is 12.2. The highest BCUT2D eigenvalue weighted by Gasteiger charge is 2.30. The van der Waals surface area contributed by atoms with Gasteiger partial charge in [-0.25, -0.2) is 8.42 Å². The van der Waals surface area contributed by atoms with Gasteiger partial charge in [-0.1, -0.05) is 116 Å². The van der Waals surface area contributed by atoms with Gasteiger partial charge >= 0.3 is 10.1 Å². The summed E-state index contributed by atoms with van der Waals surface area (Å²) in [6.07, 6.45) is 0. The van der Waals surface area contributed by atoms with E-state index in [4.69, 9.17) is 8.92 Å². The van der Waals surface area contributed by atoms with Crippen LogP contribution in [-0.4, -0.2) is 28.5 Å². The molecule has 0 saturated heterocycles. The number of methoxy groups -OCH3 is 1. The van der Waals surface area contributed by atoms with E-state index >= 15 is 0 Å². The van der Waals surface area contributed by atoms with E-state index in [0.717, 1.165) is 23.8 Å². The lowest BCUT2D eigenvalue weighted by Crippen LogP contribution is -2.13. The average Bonchev–Trinajstić information content (AvgIpc) is 3.08. The predicted molar refractivity (Wildman–Crippen MR) is 218 cm³/mol. The van der Waals surface area contributed by atoms with Gasteiger partial charge in [0.25, 0.3) is 0 Å². The Balaban J connectivity index is 0.000000252. The van der Waals surface area contributed by atoms with Gasteiger partial charge in [0.1, 0.15) is 15.0 Å². The number of ether oxygens (including phenoxy) is 1. The Morgan fingerprint density at radius 3 is 1.17 bits per heavy atom. The molecule has 54 heavy (non-hydrogen) atoms. The molecule has 10 heteroatoms. The summed E-state index contributed by atoms with van der Waals surface area (Å²) in [5.74, 6) is -0.405. The van der Waals surface area contributed by atoms with Crippen LogP contribution >= 0.6 is 0 Å². The molecule has 0 unspecified atom stereocenters. The first-order valence-corrected chi connectivity index (χ1v) is 21.7. The van der Waals surface area contributed by atoms with Crippen molar-refractivity contribution in [2.45, 2.75) is 110 Å². The van der Waals surface area contributed by atoms with Crippen LogP contribution in [0.3, 0.4) is 0 Å². The molecule has 5 aromatic carbocycles. The van der Waals surface area contributed by atoms with Crippen molar-refractivity contribution in [3.05, 3.63) is 138 Å². The molecule has 0 radical (unpaired) electrons. The van der Waals surface area contributed by atoms with Crippen LogP contribution in [-0.2, 0) is 47.4 Å². The first kappa shape index (κ1) is 42.6. The van der Waals surface area contributed by atoms with Crippen LogP contribution in [0.15, 0.2) is 140 Å². The standard InChI is InChI=1S/C30H39S.C14H14O7S2/c1-28(2,3)22-10-16-25(17-11-22)31(26-18-12-23(13-19-26)29(4,5)6)27-20-14-24(15-21-27)30(7,8)9;1-10-3-5-11(6-4-10)23(18,19)21-13-8-7-12(22(15,16)17)9-14(13)20-2/h10-21H,1-9H3;3-9H,1-2H3,(H,15,16,17)/q+1;/p-1. The van der Waals surface area contributed by atoms with E-state index in [2.05, 4.69) is 135 Å². The van der Waals surface area contributed by atoms with Gasteiger partial charge in [-0.05, 0) is 101 Å². The molecule has 0 spiro atoms. The van der Waals surface area contributed by atoms with Crippen molar-refractivity contribution in [1.82, 2.24) is 0 Å². The summed E-state index contributed by atoms with van der Waals surface area (Å²) >= 11 is 0. The van der Waals surface area contributed by atoms with Crippen LogP contribution in [0.4, 0.5) is 0 Å². The van der Waals surface area contributed by atoms with Gasteiger partial charge in [-0.2, -0.15) is 8.42 Å². The summed E-state index contributed by atoms with van der Waals surface area (Å²) in [5, 5.41) is 0. The zero-order valence-corrected chi connectivity index (χ0v) is 35.5. The van der Waals surface area contributed by atoms with Crippen molar-refractivity contribution in [2.75, 3.05) is 7.11 Å². The summed E-state index contributed by atoms with van der Waals surface area (Å²) in [5.41, 5.74) is 5.52. The normalized spacial score (nSPS) is 12.5. The third-order valence-corrected chi connectivity index (χ3v) is 13.1. The molecule has 5 rings (SSSR count). The summed E-state index contributed by atoms with van der Waals surface area (Å²) in [6, 6.07) is 36.7. The second-order valence-electron chi connectivity index (χ2n) is 16.2. The monoisotopic (exact) mass is 788 g/mol. The van der Waals surface area contributed by atoms with E-state index in [1.807, 2.05) is 6.92 Å². The zero-order valence-electron chi connectivity index (χ0n) is 33.1. The molecule has 0 heterocycles. The molecule has 288 valence electrons. The number of aryl methyl sites for hydroxylation is 1. The van der Waals surface area contributed by atoms with Crippen LogP contribution in [0.1, 0.15) is 84.6 Å². The molecule has 5 aromatic rings. The SMILES string of the molecule is CC(C)(C)c1ccc([S+](c2ccc(C(C)(C)C)cc2)c2ccc(C(C)(C)C)cc2)cc1.COc1cc(S(=O)(=O)[O-])ccc1OS(=O)(=O)c1ccc(C)cc1. The molecule has 0 N–H and O–H groups in total. The van der Waals surface area contributed by atoms with E-state index in [-0.39, 0.29) is 43.5 Å². The minimum absolute atomic E-state index is 0.0642. The lowest BCUT2D eigenvalue weighted by Gasteiger charge is -2.21. The molecular weight excluding hydrogens is 737 g/mol. The van der Waals surface area contributed by atoms with Gasteiger partial charge in [-0.15, -0.1) is 0 Å². The summed E-state index contributed by atoms with van der Waals surface area (Å²) in [6.45, 7) is 22.3. The second-order valence-corrected chi connectivity index (χ2v) is 21.2. The Kier molecular flexibility index (Phi) is 12.9. The van der Waals surface area contributed by atoms with Gasteiger partial charge < -0.3 is 13.5 Å². The Labute approximate surface area is 326 Å². The highest BCUT2D eigenvalue weighted by Crippen LogP contribution is 2.36. The molecule has 0 fully saturated rings. The Bertz CT molecular complexity index is 2100. The maximum Gasteiger partial charge on any atom is 0.339 e. The third-order valence-electron chi connectivity index (χ3n) is 8.80. The fourth-order valence-corrected chi connectivity index (χ4v) is 8.89. The number of hydrogen-bond donors (Lipinski definition) is 0. The topological polar surface area (TPSA) is 110 Å². The molecule has 0 aromatic heterocycles. The molecule has 0 amide bonds. The van der Waals surface area contributed by atoms with Gasteiger partial charge in [0.05, 0.1) is 22.9 Å². The molecule has 0 saturated carbocycles. The highest BCUT2D eigenvalue weighted by atomic mass is 32.2. The van der Waals surface area contributed by atoms with Gasteiger partial charge in [0.15, 0.2) is 26.2 Å². The Morgan fingerprint density at radius 2 is 0.852 bits per heavy atom. The van der Waals surface area contributed by atoms with Crippen molar-refractivity contribution in [2.24, 2.45) is 0 Å². The van der Waals surface area contributed by atoms with Crippen molar-refractivity contribution in [3.63, 3.8) is 0 Å². The van der Waals surface area contributed by atoms with Crippen LogP contribution in [0.5, 0.6) is 11.5 Å². The van der Waals surface area contributed by atoms with E-state index in [1.54, 1.807) is 12.1 Å². The fraction of sp³-hybridized carbons (Fsp3) is 0.318. The lowest BCUT2D eigenvalue weighted by atomic mass is 9.87. The maximum atomic E-state index is 12.2. The van der Waals surface area contributed by atoms with Crippen LogP contribution < -0.4 is 8.92 Å². The summed E-state index contributed by atoms with van der Waals surface area (Å²) in [4.78, 5) is 3.51. The van der Waals surface area contributed by atoms with Crippen molar-refractivity contribution >= 4 is 31.1 Å². The fourth-order valence-electron chi connectivity index (χ4n) is 5.42. The first-order valence-electron chi connectivity index (χ1n) is 17.6. The molecule has 7 nitrogen and oxygen atoms in total. The van der Waals surface area contributed by atoms with Crippen molar-refractivity contribution < 1.29 is 30.3 Å². The highest BCUT2D eigenvalue weighted by molar-refractivity contribution is 7.97. The molecule has 0 bridgehead atoms. The number of benzene rings is 5. The van der Waals surface area contributed by atoms with Crippen LogP contribution in [0, 0.1) is 6.92 Å². The van der Waals surface area contributed by atoms with Gasteiger partial charge in [0, 0.05) is 6.07 Å². The largest absolute Gasteiger partial charge is 0.744 e. The molecule has 0 aliphatic heterocycles. The lowest BCUT2D eigenvalue weighted by molar-refractivity contribution is 0.388. The van der Waals surface area contributed by atoms with E-state index < -0.39 is 25.1 Å². The summed E-state index contributed by atoms with van der Waals surface area (Å²) in [7, 11) is -7.73. The van der Waals surface area contributed by atoms with Gasteiger partial charge in [0.2, 0.25) is 0 Å². The summed E-state index contributed by atoms with van der Waals surface area (Å²) < 4.78 is 67.2. The second kappa shape index (κ2) is 16.3. The van der Waals surface area contributed by atoms with Crippen molar-refractivity contribution in [1.29, 1.82) is 0 Å². The molecule has 0 atom stereocenters. The van der Waals surface area contributed by atoms with Gasteiger partial charge in [-0.3, -0.25) is 0 Å². The average molecular weight is 789 g/mol. The van der Waals surface area contributed by atoms with Crippen LogP contribution in [0.25, 0.3) is 0 Å². The molecular formula is C44H52O7S3. The zero-order chi connectivity index (χ0) is 40.3. The number of hydrogen-bond acceptors (Lipinski definition) is 7. The quantitative estimate of drug-likeness (QED) is 0.0875. The van der Waals surface area contributed by atoms with Crippen LogP contribution in [0.2, 0.25) is 0 Å². The number of rotatable bonds is 8. The molecule has 0 aliphatic carbocycles. The molecule has 0 aliphatic rings. The Hall–Kier alpha value is -4.09. The van der Waals surface area contributed by atoms with Crippen molar-refractivity contribution in [3.8, 4) is 11.5 Å². The Morgan fingerprint density at radius 1 is 0.500 bits per heavy atom. The van der Waals surface area contributed by atoms with E-state index in [9.17, 15) is 21.4 Å². The smallest absolute Gasteiger partial charge is 0.339 e. The van der Waals surface area contributed by atoms with E-state index in [1.165, 1.54) is 50.6 Å². The first-order chi connectivity index (χ1) is 24.9. The minimum atomic E-state index is -4.69. The minimum Gasteiger partial charge on any atom is -0.744 e. The predicted octanol–water partition coefficient (Wildman–Crippen LogP) is 10.3. The third kappa shape index (κ3) is 11.0.